The summed E-state index contributed by atoms with van der Waals surface area (Å²) in [6.45, 7) is 2.00. The van der Waals surface area contributed by atoms with E-state index in [0.29, 0.717) is 17.0 Å². The first-order valence-electron chi connectivity index (χ1n) is 7.63. The number of hydrazone groups is 1. The first kappa shape index (κ1) is 20.8. The zero-order chi connectivity index (χ0) is 19.5. The molecule has 26 heavy (non-hydrogen) atoms. The number of primary amides is 1. The van der Waals surface area contributed by atoms with Gasteiger partial charge in [0, 0.05) is 30.6 Å². The molecule has 5 N–H and O–H groups in total. The number of carbonyl (C=O) groups excluding carboxylic acids is 4. The van der Waals surface area contributed by atoms with E-state index in [-0.39, 0.29) is 25.5 Å². The lowest BCUT2D eigenvalue weighted by Gasteiger charge is -2.06. The number of carbonyl (C=O) groups is 4. The summed E-state index contributed by atoms with van der Waals surface area (Å²) in [4.78, 5) is 45.8. The van der Waals surface area contributed by atoms with Gasteiger partial charge in [-0.1, -0.05) is 0 Å². The number of nitrogens with zero attached hydrogens (tertiary/aromatic N) is 1. The minimum atomic E-state index is -0.942. The fourth-order valence-corrected chi connectivity index (χ4v) is 1.74. The van der Waals surface area contributed by atoms with Gasteiger partial charge < -0.3 is 21.1 Å². The molecule has 1 rings (SSSR count). The lowest BCUT2D eigenvalue weighted by Crippen LogP contribution is -2.39. The minimum absolute atomic E-state index is 0.0941. The van der Waals surface area contributed by atoms with E-state index in [4.69, 9.17) is 10.5 Å². The number of rotatable bonds is 8. The second kappa shape index (κ2) is 10.6. The van der Waals surface area contributed by atoms with Gasteiger partial charge >= 0.3 is 11.8 Å². The second-order valence-electron chi connectivity index (χ2n) is 5.20. The maximum atomic E-state index is 11.9. The first-order chi connectivity index (χ1) is 12.3. The second-order valence-corrected chi connectivity index (χ2v) is 5.20. The number of ether oxygens (including phenoxy) is 1. The molecule has 0 spiro atoms. The molecule has 0 saturated carbocycles. The molecular formula is C16H21N5O5. The van der Waals surface area contributed by atoms with Crippen LogP contribution in [-0.4, -0.2) is 49.6 Å². The third-order valence-electron chi connectivity index (χ3n) is 3.02. The molecule has 1 aromatic rings. The van der Waals surface area contributed by atoms with Gasteiger partial charge in [0.25, 0.3) is 0 Å². The third-order valence-corrected chi connectivity index (χ3v) is 3.02. The summed E-state index contributed by atoms with van der Waals surface area (Å²) in [6, 6.07) is 6.05. The summed E-state index contributed by atoms with van der Waals surface area (Å²) in [5, 5.41) is 8.64. The molecule has 140 valence electrons. The average Bonchev–Trinajstić information content (AvgIpc) is 2.60. The highest BCUT2D eigenvalue weighted by Gasteiger charge is 2.12. The van der Waals surface area contributed by atoms with Crippen molar-refractivity contribution in [1.82, 2.24) is 10.7 Å². The Morgan fingerprint density at radius 3 is 2.35 bits per heavy atom. The Bertz CT molecular complexity index is 699. The van der Waals surface area contributed by atoms with E-state index in [2.05, 4.69) is 21.2 Å². The number of amides is 4. The van der Waals surface area contributed by atoms with Gasteiger partial charge in [0.05, 0.1) is 13.0 Å². The maximum Gasteiger partial charge on any atom is 0.329 e. The van der Waals surface area contributed by atoms with Crippen molar-refractivity contribution in [3.05, 3.63) is 29.8 Å². The van der Waals surface area contributed by atoms with Crippen LogP contribution in [0.15, 0.2) is 29.4 Å². The molecule has 0 aliphatic heterocycles. The van der Waals surface area contributed by atoms with Crippen molar-refractivity contribution < 1.29 is 23.9 Å². The zero-order valence-electron chi connectivity index (χ0n) is 14.5. The van der Waals surface area contributed by atoms with E-state index in [1.165, 1.54) is 38.3 Å². The van der Waals surface area contributed by atoms with Gasteiger partial charge in [0.15, 0.2) is 0 Å². The average molecular weight is 363 g/mol. The summed E-state index contributed by atoms with van der Waals surface area (Å²) in [5.41, 5.74) is 8.30. The highest BCUT2D eigenvalue weighted by atomic mass is 16.5. The maximum absolute atomic E-state index is 11.9. The monoisotopic (exact) mass is 363 g/mol. The van der Waals surface area contributed by atoms with Crippen LogP contribution >= 0.6 is 0 Å². The highest BCUT2D eigenvalue weighted by molar-refractivity contribution is 6.35. The van der Waals surface area contributed by atoms with Crippen LogP contribution in [0.2, 0.25) is 0 Å². The highest BCUT2D eigenvalue weighted by Crippen LogP contribution is 2.09. The van der Waals surface area contributed by atoms with Crippen molar-refractivity contribution in [3.8, 4) is 0 Å². The van der Waals surface area contributed by atoms with Crippen molar-refractivity contribution in [2.45, 2.75) is 13.3 Å². The molecule has 10 nitrogen and oxygen atoms in total. The molecule has 0 heterocycles. The summed E-state index contributed by atoms with van der Waals surface area (Å²) in [7, 11) is 1.47. The molecular weight excluding hydrogens is 342 g/mol. The van der Waals surface area contributed by atoms with Crippen LogP contribution in [0.1, 0.15) is 23.7 Å². The van der Waals surface area contributed by atoms with Crippen LogP contribution in [0.25, 0.3) is 0 Å². The SMILES string of the molecule is COCCNC(=O)C(=O)NN=C(C)CC(=O)Nc1ccc(C(N)=O)cc1. The molecule has 0 atom stereocenters. The molecule has 4 amide bonds. The van der Waals surface area contributed by atoms with E-state index in [9.17, 15) is 19.2 Å². The van der Waals surface area contributed by atoms with E-state index in [1.54, 1.807) is 0 Å². The van der Waals surface area contributed by atoms with E-state index in [0.717, 1.165) is 0 Å². The number of nitrogens with one attached hydrogen (secondary N) is 3. The van der Waals surface area contributed by atoms with Crippen LogP contribution in [0.4, 0.5) is 5.69 Å². The van der Waals surface area contributed by atoms with E-state index < -0.39 is 17.7 Å². The Kier molecular flexibility index (Phi) is 8.44. The molecule has 0 unspecified atom stereocenters. The van der Waals surface area contributed by atoms with E-state index >= 15 is 0 Å². The standard InChI is InChI=1S/C16H21N5O5/c1-10(20-21-16(25)15(24)18-7-8-26-2)9-13(22)19-12-5-3-11(4-6-12)14(17)23/h3-6H,7-9H2,1-2H3,(H2,17,23)(H,18,24)(H,19,22)(H,21,25). The van der Waals surface area contributed by atoms with E-state index in [1.807, 2.05) is 0 Å². The smallest absolute Gasteiger partial charge is 0.329 e. The van der Waals surface area contributed by atoms with Crippen LogP contribution in [0.3, 0.4) is 0 Å². The van der Waals surface area contributed by atoms with Gasteiger partial charge in [-0.15, -0.1) is 0 Å². The van der Waals surface area contributed by atoms with Crippen LogP contribution in [0, 0.1) is 0 Å². The van der Waals surface area contributed by atoms with Gasteiger partial charge in [0.1, 0.15) is 0 Å². The number of nitrogens with two attached hydrogens (primary N) is 1. The molecule has 0 aliphatic carbocycles. The lowest BCUT2D eigenvalue weighted by molar-refractivity contribution is -0.139. The quantitative estimate of drug-likeness (QED) is 0.210. The summed E-state index contributed by atoms with van der Waals surface area (Å²) in [5.74, 6) is -2.73. The molecule has 0 aliphatic rings. The topological polar surface area (TPSA) is 152 Å². The van der Waals surface area contributed by atoms with Crippen LogP contribution in [0.5, 0.6) is 0 Å². The number of methoxy groups -OCH3 is 1. The zero-order valence-corrected chi connectivity index (χ0v) is 14.5. The minimum Gasteiger partial charge on any atom is -0.383 e. The number of hydrogen-bond donors (Lipinski definition) is 4. The third kappa shape index (κ3) is 7.53. The van der Waals surface area contributed by atoms with Crippen LogP contribution < -0.4 is 21.8 Å². The Balaban J connectivity index is 2.45. The Labute approximate surface area is 150 Å². The van der Waals surface area contributed by atoms with Crippen molar-refractivity contribution in [3.63, 3.8) is 0 Å². The fraction of sp³-hybridized carbons (Fsp3) is 0.312. The number of anilines is 1. The predicted molar refractivity (Wildman–Crippen MR) is 94.3 cm³/mol. The Morgan fingerprint density at radius 1 is 1.12 bits per heavy atom. The predicted octanol–water partition coefficient (Wildman–Crippen LogP) is -0.631. The summed E-state index contributed by atoms with van der Waals surface area (Å²) >= 11 is 0. The molecule has 0 aromatic heterocycles. The first-order valence-corrected chi connectivity index (χ1v) is 7.63. The lowest BCUT2D eigenvalue weighted by atomic mass is 10.2. The van der Waals surface area contributed by atoms with Gasteiger partial charge in [0.2, 0.25) is 11.8 Å². The van der Waals surface area contributed by atoms with Gasteiger partial charge in [-0.3, -0.25) is 19.2 Å². The van der Waals surface area contributed by atoms with Crippen LogP contribution in [-0.2, 0) is 19.1 Å². The molecule has 0 radical (unpaired) electrons. The van der Waals surface area contributed by atoms with Crippen molar-refractivity contribution in [2.24, 2.45) is 10.8 Å². The van der Waals surface area contributed by atoms with Gasteiger partial charge in [-0.05, 0) is 31.2 Å². The Hall–Kier alpha value is -3.27. The largest absolute Gasteiger partial charge is 0.383 e. The molecule has 0 saturated heterocycles. The number of hydrogen-bond acceptors (Lipinski definition) is 6. The molecule has 0 bridgehead atoms. The normalized spacial score (nSPS) is 10.8. The molecule has 1 aromatic carbocycles. The summed E-state index contributed by atoms with van der Waals surface area (Å²) < 4.78 is 4.74. The summed E-state index contributed by atoms with van der Waals surface area (Å²) in [6.07, 6.45) is -0.0941. The van der Waals surface area contributed by atoms with Gasteiger partial charge in [-0.25, -0.2) is 5.43 Å². The van der Waals surface area contributed by atoms with Crippen molar-refractivity contribution in [2.75, 3.05) is 25.6 Å². The van der Waals surface area contributed by atoms with Crippen molar-refractivity contribution in [1.29, 1.82) is 0 Å². The van der Waals surface area contributed by atoms with Gasteiger partial charge in [-0.2, -0.15) is 5.10 Å². The van der Waals surface area contributed by atoms with Crippen molar-refractivity contribution >= 4 is 35.0 Å². The molecule has 10 heteroatoms. The Morgan fingerprint density at radius 2 is 1.77 bits per heavy atom. The molecule has 0 fully saturated rings. The fourth-order valence-electron chi connectivity index (χ4n) is 1.74. The number of benzene rings is 1.